The lowest BCUT2D eigenvalue weighted by Gasteiger charge is -2.32. The quantitative estimate of drug-likeness (QED) is 0.867. The molecule has 0 radical (unpaired) electrons. The summed E-state index contributed by atoms with van der Waals surface area (Å²) in [6.45, 7) is 7.07. The summed E-state index contributed by atoms with van der Waals surface area (Å²) < 4.78 is 11.3. The molecule has 2 aromatic heterocycles. The summed E-state index contributed by atoms with van der Waals surface area (Å²) in [5, 5.41) is 2.97. The Labute approximate surface area is 159 Å². The van der Waals surface area contributed by atoms with Crippen molar-refractivity contribution in [3.8, 4) is 5.88 Å². The summed E-state index contributed by atoms with van der Waals surface area (Å²) in [5.74, 6) is 2.49. The van der Waals surface area contributed by atoms with Gasteiger partial charge < -0.3 is 14.5 Å². The first-order valence-electron chi connectivity index (χ1n) is 9.61. The van der Waals surface area contributed by atoms with Gasteiger partial charge in [0.25, 0.3) is 0 Å². The van der Waals surface area contributed by atoms with Crippen LogP contribution >= 0.6 is 0 Å². The van der Waals surface area contributed by atoms with E-state index in [-0.39, 0.29) is 17.9 Å². The minimum atomic E-state index is 0.0775. The van der Waals surface area contributed by atoms with Crippen LogP contribution in [0.25, 0.3) is 0 Å². The van der Waals surface area contributed by atoms with Gasteiger partial charge in [0.2, 0.25) is 11.8 Å². The molecule has 0 aliphatic carbocycles. The van der Waals surface area contributed by atoms with E-state index in [4.69, 9.17) is 9.15 Å². The highest BCUT2D eigenvalue weighted by Crippen LogP contribution is 2.29. The first-order chi connectivity index (χ1) is 13.1. The minimum Gasteiger partial charge on any atom is -0.472 e. The van der Waals surface area contributed by atoms with Gasteiger partial charge in [-0.2, -0.15) is 4.98 Å². The zero-order valence-corrected chi connectivity index (χ0v) is 15.9. The topological polar surface area (TPSA) is 80.5 Å². The summed E-state index contributed by atoms with van der Waals surface area (Å²) in [4.78, 5) is 23.6. The molecule has 4 heterocycles. The van der Waals surface area contributed by atoms with Crippen molar-refractivity contribution in [1.82, 2.24) is 20.2 Å². The Balaban J connectivity index is 1.23. The van der Waals surface area contributed by atoms with Gasteiger partial charge in [-0.25, -0.2) is 4.98 Å². The molecule has 0 saturated carbocycles. The number of aromatic nitrogens is 2. The van der Waals surface area contributed by atoms with Crippen LogP contribution in [0.1, 0.15) is 35.7 Å². The molecular weight excluding hydrogens is 344 g/mol. The van der Waals surface area contributed by atoms with E-state index >= 15 is 0 Å². The van der Waals surface area contributed by atoms with Crippen LogP contribution in [0.3, 0.4) is 0 Å². The number of furan rings is 1. The van der Waals surface area contributed by atoms with Crippen LogP contribution in [0.2, 0.25) is 0 Å². The van der Waals surface area contributed by atoms with Crippen molar-refractivity contribution in [3.05, 3.63) is 41.2 Å². The van der Waals surface area contributed by atoms with Crippen molar-refractivity contribution in [2.75, 3.05) is 19.6 Å². The van der Waals surface area contributed by atoms with E-state index in [0.717, 1.165) is 67.6 Å². The highest BCUT2D eigenvalue weighted by Gasteiger charge is 2.31. The third kappa shape index (κ3) is 4.13. The molecule has 1 fully saturated rings. The zero-order chi connectivity index (χ0) is 18.8. The number of nitrogens with zero attached hydrogens (tertiary/aromatic N) is 3. The van der Waals surface area contributed by atoms with E-state index in [1.165, 1.54) is 0 Å². The second-order valence-electron chi connectivity index (χ2n) is 7.46. The van der Waals surface area contributed by atoms with Crippen LogP contribution in [-0.2, 0) is 17.8 Å². The third-order valence-electron chi connectivity index (χ3n) is 5.43. The third-order valence-corrected chi connectivity index (χ3v) is 5.43. The highest BCUT2D eigenvalue weighted by atomic mass is 16.5. The van der Waals surface area contributed by atoms with Gasteiger partial charge in [-0.05, 0) is 51.9 Å². The van der Waals surface area contributed by atoms with E-state index in [9.17, 15) is 4.79 Å². The average molecular weight is 370 g/mol. The van der Waals surface area contributed by atoms with Crippen molar-refractivity contribution in [1.29, 1.82) is 0 Å². The maximum absolute atomic E-state index is 12.4. The molecule has 0 unspecified atom stereocenters. The van der Waals surface area contributed by atoms with E-state index in [2.05, 4.69) is 20.2 Å². The first kappa shape index (κ1) is 18.0. The van der Waals surface area contributed by atoms with Crippen molar-refractivity contribution < 1.29 is 13.9 Å². The maximum atomic E-state index is 12.4. The molecule has 1 atom stereocenters. The molecule has 2 aliphatic heterocycles. The maximum Gasteiger partial charge on any atom is 0.223 e. The summed E-state index contributed by atoms with van der Waals surface area (Å²) in [5.41, 5.74) is 2.16. The lowest BCUT2D eigenvalue weighted by Crippen LogP contribution is -2.43. The molecule has 1 N–H and O–H groups in total. The number of carbonyl (C=O) groups excluding carboxylic acids is 1. The fraction of sp³-hybridized carbons (Fsp3) is 0.550. The first-order valence-corrected chi connectivity index (χ1v) is 9.61. The van der Waals surface area contributed by atoms with Gasteiger partial charge in [-0.1, -0.05) is 0 Å². The zero-order valence-electron chi connectivity index (χ0n) is 15.9. The summed E-state index contributed by atoms with van der Waals surface area (Å²) in [7, 11) is 0. The Kier molecular flexibility index (Phi) is 5.11. The molecule has 27 heavy (non-hydrogen) atoms. The normalized spacial score (nSPS) is 20.3. The Morgan fingerprint density at radius 2 is 2.11 bits per heavy atom. The molecule has 4 rings (SSSR count). The van der Waals surface area contributed by atoms with E-state index in [1.54, 1.807) is 6.26 Å². The molecule has 0 bridgehead atoms. The van der Waals surface area contributed by atoms with Gasteiger partial charge >= 0.3 is 0 Å². The smallest absolute Gasteiger partial charge is 0.223 e. The van der Waals surface area contributed by atoms with Gasteiger partial charge in [0.1, 0.15) is 17.7 Å². The van der Waals surface area contributed by atoms with E-state index in [0.29, 0.717) is 6.54 Å². The molecule has 2 aliphatic rings. The Hall–Kier alpha value is -2.41. The predicted molar refractivity (Wildman–Crippen MR) is 99.3 cm³/mol. The number of rotatable bonds is 5. The van der Waals surface area contributed by atoms with Crippen LogP contribution in [0.15, 0.2) is 22.8 Å². The number of carbonyl (C=O) groups is 1. The fourth-order valence-electron chi connectivity index (χ4n) is 3.96. The molecule has 144 valence electrons. The van der Waals surface area contributed by atoms with Gasteiger partial charge in [0.05, 0.1) is 12.8 Å². The van der Waals surface area contributed by atoms with Crippen LogP contribution in [0.4, 0.5) is 0 Å². The van der Waals surface area contributed by atoms with Crippen molar-refractivity contribution >= 4 is 5.91 Å². The number of likely N-dealkylation sites (tertiary alicyclic amines) is 1. The summed E-state index contributed by atoms with van der Waals surface area (Å²) in [6.07, 6.45) is 4.37. The standard InChI is InChI=1S/C20H26N4O3/c1-13-18-10-17(27-20(18)23-14(2)22-13)12-24-7-5-15(6-8-24)19(25)21-11-16-4-3-9-26-16/h3-4,9,15,17H,5-8,10-12H2,1-2H3,(H,21,25)/t17-/m1/s1. The molecule has 1 saturated heterocycles. The van der Waals surface area contributed by atoms with Crippen LogP contribution < -0.4 is 10.1 Å². The Morgan fingerprint density at radius 1 is 1.30 bits per heavy atom. The number of piperidine rings is 1. The predicted octanol–water partition coefficient (Wildman–Crippen LogP) is 2.02. The number of hydrogen-bond acceptors (Lipinski definition) is 6. The highest BCUT2D eigenvalue weighted by molar-refractivity contribution is 5.78. The number of amides is 1. The summed E-state index contributed by atoms with van der Waals surface area (Å²) >= 11 is 0. The minimum absolute atomic E-state index is 0.0775. The second kappa shape index (κ2) is 7.68. The molecule has 2 aromatic rings. The van der Waals surface area contributed by atoms with Crippen LogP contribution in [0, 0.1) is 19.8 Å². The van der Waals surface area contributed by atoms with E-state index in [1.807, 2.05) is 26.0 Å². The number of hydrogen-bond donors (Lipinski definition) is 1. The fourth-order valence-corrected chi connectivity index (χ4v) is 3.96. The Bertz CT molecular complexity index is 798. The van der Waals surface area contributed by atoms with Gasteiger partial charge in [-0.3, -0.25) is 9.69 Å². The van der Waals surface area contributed by atoms with Crippen molar-refractivity contribution in [2.24, 2.45) is 5.92 Å². The lowest BCUT2D eigenvalue weighted by atomic mass is 9.95. The van der Waals surface area contributed by atoms with Gasteiger partial charge in [-0.15, -0.1) is 0 Å². The lowest BCUT2D eigenvalue weighted by molar-refractivity contribution is -0.126. The van der Waals surface area contributed by atoms with E-state index < -0.39 is 0 Å². The average Bonchev–Trinajstić information content (AvgIpc) is 3.30. The number of aryl methyl sites for hydroxylation is 2. The van der Waals surface area contributed by atoms with Crippen LogP contribution in [0.5, 0.6) is 5.88 Å². The second-order valence-corrected chi connectivity index (χ2v) is 7.46. The van der Waals surface area contributed by atoms with Crippen LogP contribution in [-0.4, -0.2) is 46.5 Å². The Morgan fingerprint density at radius 3 is 2.85 bits per heavy atom. The summed E-state index contributed by atoms with van der Waals surface area (Å²) in [6, 6.07) is 3.70. The van der Waals surface area contributed by atoms with Crippen molar-refractivity contribution in [2.45, 2.75) is 45.8 Å². The molecule has 7 nitrogen and oxygen atoms in total. The number of fused-ring (bicyclic) bond motifs is 1. The largest absolute Gasteiger partial charge is 0.472 e. The SMILES string of the molecule is Cc1nc(C)c2c(n1)O[C@@H](CN1CCC(C(=O)NCc3ccco3)CC1)C2. The van der Waals surface area contributed by atoms with Crippen molar-refractivity contribution in [3.63, 3.8) is 0 Å². The molecular formula is C20H26N4O3. The molecule has 1 amide bonds. The monoisotopic (exact) mass is 370 g/mol. The molecule has 0 aromatic carbocycles. The molecule has 7 heteroatoms. The number of nitrogens with one attached hydrogen (secondary N) is 1. The number of ether oxygens (including phenoxy) is 1. The molecule has 0 spiro atoms. The van der Waals surface area contributed by atoms with Gasteiger partial charge in [0, 0.05) is 30.1 Å². The van der Waals surface area contributed by atoms with Gasteiger partial charge in [0.15, 0.2) is 0 Å².